The summed E-state index contributed by atoms with van der Waals surface area (Å²) in [5.74, 6) is 0. The van der Waals surface area contributed by atoms with Gasteiger partial charge < -0.3 is 10.1 Å². The second-order valence-electron chi connectivity index (χ2n) is 7.24. The smallest absolute Gasteiger partial charge is 0.243 e. The molecule has 1 atom stereocenters. The largest absolute Gasteiger partial charge is 0.378 e. The van der Waals surface area contributed by atoms with Gasteiger partial charge in [0.1, 0.15) is 0 Å². The lowest BCUT2D eigenvalue weighted by Crippen LogP contribution is -2.46. The van der Waals surface area contributed by atoms with Gasteiger partial charge in [-0.25, -0.2) is 13.4 Å². The van der Waals surface area contributed by atoms with Crippen LogP contribution in [-0.4, -0.2) is 48.5 Å². The molecular weight excluding hydrogens is 420 g/mol. The van der Waals surface area contributed by atoms with Crippen molar-refractivity contribution in [3.05, 3.63) is 54.2 Å². The molecule has 0 spiro atoms. The first-order valence-corrected chi connectivity index (χ1v) is 11.9. The number of fused-ring (bicyclic) bond motifs is 2. The van der Waals surface area contributed by atoms with E-state index in [4.69, 9.17) is 4.74 Å². The number of nitrogens with zero attached hydrogens (tertiary/aromatic N) is 3. The van der Waals surface area contributed by atoms with E-state index in [1.54, 1.807) is 35.7 Å². The first-order chi connectivity index (χ1) is 14.5. The fourth-order valence-electron chi connectivity index (χ4n) is 3.69. The van der Waals surface area contributed by atoms with Crippen LogP contribution in [-0.2, 0) is 14.8 Å². The van der Waals surface area contributed by atoms with E-state index < -0.39 is 10.0 Å². The summed E-state index contributed by atoms with van der Waals surface area (Å²) in [6, 6.07) is 12.7. The van der Waals surface area contributed by atoms with Gasteiger partial charge in [0.15, 0.2) is 0 Å². The van der Waals surface area contributed by atoms with Gasteiger partial charge in [-0.2, -0.15) is 4.31 Å². The van der Waals surface area contributed by atoms with E-state index in [-0.39, 0.29) is 10.9 Å². The number of sulfonamides is 1. The normalized spacial score (nSPS) is 18.1. The van der Waals surface area contributed by atoms with Crippen molar-refractivity contribution in [3.63, 3.8) is 0 Å². The fraction of sp³-hybridized carbons (Fsp3) is 0.238. The molecule has 0 saturated carbocycles. The summed E-state index contributed by atoms with van der Waals surface area (Å²) in [6.45, 7) is 3.03. The third-order valence-corrected chi connectivity index (χ3v) is 8.06. The maximum atomic E-state index is 13.3. The Morgan fingerprint density at radius 3 is 2.90 bits per heavy atom. The molecule has 1 fully saturated rings. The number of benzene rings is 2. The molecule has 154 valence electrons. The highest BCUT2D eigenvalue weighted by molar-refractivity contribution is 7.89. The zero-order valence-electron chi connectivity index (χ0n) is 16.3. The second-order valence-corrected chi connectivity index (χ2v) is 10.0. The van der Waals surface area contributed by atoms with Crippen molar-refractivity contribution in [2.75, 3.05) is 25.1 Å². The molecule has 0 aliphatic carbocycles. The minimum absolute atomic E-state index is 0.198. The predicted octanol–water partition coefficient (Wildman–Crippen LogP) is 4.00. The van der Waals surface area contributed by atoms with Crippen LogP contribution in [0.5, 0.6) is 0 Å². The van der Waals surface area contributed by atoms with Gasteiger partial charge in [0.25, 0.3) is 0 Å². The van der Waals surface area contributed by atoms with Crippen molar-refractivity contribution >= 4 is 53.9 Å². The van der Waals surface area contributed by atoms with E-state index in [1.165, 1.54) is 4.31 Å². The Balaban J connectivity index is 1.55. The zero-order valence-corrected chi connectivity index (χ0v) is 17.9. The summed E-state index contributed by atoms with van der Waals surface area (Å²) < 4.78 is 34.5. The lowest BCUT2D eigenvalue weighted by molar-refractivity contribution is 0.0393. The summed E-state index contributed by atoms with van der Waals surface area (Å²) in [4.78, 5) is 9.02. The van der Waals surface area contributed by atoms with Gasteiger partial charge in [0.2, 0.25) is 10.0 Å². The van der Waals surface area contributed by atoms with Crippen LogP contribution in [0.15, 0.2) is 59.1 Å². The Morgan fingerprint density at radius 2 is 2.03 bits per heavy atom. The molecule has 2 aromatic heterocycles. The highest BCUT2D eigenvalue weighted by Gasteiger charge is 2.31. The Kier molecular flexibility index (Phi) is 4.90. The molecule has 7 nitrogen and oxygen atoms in total. The topological polar surface area (TPSA) is 84.4 Å². The van der Waals surface area contributed by atoms with Gasteiger partial charge in [-0.3, -0.25) is 4.98 Å². The number of aromatic nitrogens is 2. The first kappa shape index (κ1) is 19.4. The number of hydrogen-bond acceptors (Lipinski definition) is 7. The van der Waals surface area contributed by atoms with Crippen molar-refractivity contribution in [1.29, 1.82) is 0 Å². The molecule has 9 heteroatoms. The number of rotatable bonds is 4. The third kappa shape index (κ3) is 3.43. The maximum Gasteiger partial charge on any atom is 0.243 e. The number of hydrogen-bond donors (Lipinski definition) is 1. The SMILES string of the molecule is C[C@@H]1COCCN1S(=O)(=O)c1ccc2nccc(Nc3ccc4scnc4c3)c2c1. The van der Waals surface area contributed by atoms with E-state index in [0.717, 1.165) is 32.5 Å². The lowest BCUT2D eigenvalue weighted by atomic mass is 10.2. The van der Waals surface area contributed by atoms with E-state index in [9.17, 15) is 8.42 Å². The monoisotopic (exact) mass is 440 g/mol. The van der Waals surface area contributed by atoms with Crippen molar-refractivity contribution < 1.29 is 13.2 Å². The van der Waals surface area contributed by atoms with Crippen LogP contribution in [0.4, 0.5) is 11.4 Å². The van der Waals surface area contributed by atoms with Crippen LogP contribution in [0.1, 0.15) is 6.92 Å². The number of morpholine rings is 1. The van der Waals surface area contributed by atoms with Gasteiger partial charge >= 0.3 is 0 Å². The molecule has 5 rings (SSSR count). The molecule has 1 aliphatic heterocycles. The first-order valence-electron chi connectivity index (χ1n) is 9.61. The van der Waals surface area contributed by atoms with Crippen molar-refractivity contribution in [3.8, 4) is 0 Å². The average molecular weight is 441 g/mol. The second kappa shape index (κ2) is 7.59. The molecule has 0 unspecified atom stereocenters. The maximum absolute atomic E-state index is 13.3. The summed E-state index contributed by atoms with van der Waals surface area (Å²) in [5, 5.41) is 4.14. The van der Waals surface area contributed by atoms with Crippen LogP contribution < -0.4 is 5.32 Å². The molecule has 0 amide bonds. The zero-order chi connectivity index (χ0) is 20.7. The van der Waals surface area contributed by atoms with Gasteiger partial charge in [0.05, 0.1) is 39.4 Å². The Hall–Kier alpha value is -2.59. The average Bonchev–Trinajstić information content (AvgIpc) is 3.22. The molecule has 1 N–H and O–H groups in total. The number of anilines is 2. The van der Waals surface area contributed by atoms with E-state index in [1.807, 2.05) is 36.7 Å². The highest BCUT2D eigenvalue weighted by Crippen LogP contribution is 2.30. The molecule has 1 aliphatic rings. The van der Waals surface area contributed by atoms with Gasteiger partial charge in [-0.15, -0.1) is 11.3 Å². The summed E-state index contributed by atoms with van der Waals surface area (Å²) in [5.41, 5.74) is 5.15. The van der Waals surface area contributed by atoms with Gasteiger partial charge in [-0.1, -0.05) is 0 Å². The van der Waals surface area contributed by atoms with Crippen LogP contribution in [0, 0.1) is 0 Å². The standard InChI is InChI=1S/C21H20N4O3S2/c1-14-12-28-9-8-25(14)30(26,27)16-3-4-18-17(11-16)19(6-7-22-18)24-15-2-5-21-20(10-15)23-13-29-21/h2-7,10-11,13-14H,8-9,12H2,1H3,(H,22,24)/t14-/m1/s1. The molecule has 30 heavy (non-hydrogen) atoms. The van der Waals surface area contributed by atoms with E-state index in [0.29, 0.717) is 19.8 Å². The third-order valence-electron chi connectivity index (χ3n) is 5.24. The van der Waals surface area contributed by atoms with Gasteiger partial charge in [0, 0.05) is 35.5 Å². The van der Waals surface area contributed by atoms with Crippen LogP contribution in [0.25, 0.3) is 21.1 Å². The van der Waals surface area contributed by atoms with Crippen molar-refractivity contribution in [2.24, 2.45) is 0 Å². The van der Waals surface area contributed by atoms with Crippen LogP contribution >= 0.6 is 11.3 Å². The molecule has 0 bridgehead atoms. The molecule has 2 aromatic carbocycles. The predicted molar refractivity (Wildman–Crippen MR) is 119 cm³/mol. The van der Waals surface area contributed by atoms with Crippen LogP contribution in [0.2, 0.25) is 0 Å². The lowest BCUT2D eigenvalue weighted by Gasteiger charge is -2.32. The van der Waals surface area contributed by atoms with Crippen molar-refractivity contribution in [1.82, 2.24) is 14.3 Å². The molecule has 0 radical (unpaired) electrons. The molecule has 3 heterocycles. The Labute approximate surface area is 178 Å². The number of ether oxygens (including phenoxy) is 1. The van der Waals surface area contributed by atoms with E-state index in [2.05, 4.69) is 15.3 Å². The number of nitrogens with one attached hydrogen (secondary N) is 1. The van der Waals surface area contributed by atoms with E-state index >= 15 is 0 Å². The molecular formula is C21H20N4O3S2. The highest BCUT2D eigenvalue weighted by atomic mass is 32.2. The summed E-state index contributed by atoms with van der Waals surface area (Å²) in [7, 11) is -3.62. The molecule has 4 aromatic rings. The van der Waals surface area contributed by atoms with Crippen molar-refractivity contribution in [2.45, 2.75) is 17.9 Å². The van der Waals surface area contributed by atoms with Crippen LogP contribution in [0.3, 0.4) is 0 Å². The minimum atomic E-state index is -3.62. The number of pyridine rings is 1. The Morgan fingerprint density at radius 1 is 1.13 bits per heavy atom. The summed E-state index contributed by atoms with van der Waals surface area (Å²) >= 11 is 1.59. The minimum Gasteiger partial charge on any atom is -0.378 e. The van der Waals surface area contributed by atoms with Gasteiger partial charge in [-0.05, 0) is 49.4 Å². The fourth-order valence-corrected chi connectivity index (χ4v) is 5.98. The quantitative estimate of drug-likeness (QED) is 0.516. The number of thiazole rings is 1. The molecule has 1 saturated heterocycles. The summed E-state index contributed by atoms with van der Waals surface area (Å²) in [6.07, 6.45) is 1.71. The Bertz CT molecular complexity index is 1340.